The third kappa shape index (κ3) is 2.99. The molecule has 2 radical (unpaired) electrons. The summed E-state index contributed by atoms with van der Waals surface area (Å²) in [6.45, 7) is 13.2. The molecule has 0 rings (SSSR count). The maximum atomic E-state index is 5.18. The fourth-order valence-electron chi connectivity index (χ4n) is 0.274. The standard InChI is InChI=1S/C6H12OSi/c1-5-7-8(3,4)6-2/h1,6H,2,5H2,3-4H3. The SMILES string of the molecule is [CH]CO[Si](C)(C)C=C. The van der Waals surface area contributed by atoms with Crippen LogP contribution in [0.2, 0.25) is 13.1 Å². The molecule has 0 aliphatic rings. The summed E-state index contributed by atoms with van der Waals surface area (Å²) in [5.74, 6) is 0. The summed E-state index contributed by atoms with van der Waals surface area (Å²) in [6.07, 6.45) is 0. The van der Waals surface area contributed by atoms with Crippen LogP contribution in [0, 0.1) is 6.92 Å². The third-order valence-electron chi connectivity index (χ3n) is 0.947. The van der Waals surface area contributed by atoms with Gasteiger partial charge in [-0.25, -0.2) is 0 Å². The maximum Gasteiger partial charge on any atom is 0.210 e. The fraction of sp³-hybridized carbons (Fsp3) is 0.500. The van der Waals surface area contributed by atoms with Crippen molar-refractivity contribution in [3.63, 3.8) is 0 Å². The molecule has 0 heterocycles. The molecule has 0 N–H and O–H groups in total. The largest absolute Gasteiger partial charge is 0.413 e. The van der Waals surface area contributed by atoms with Gasteiger partial charge in [0.05, 0.1) is 0 Å². The molecule has 0 atom stereocenters. The molecule has 0 aromatic heterocycles. The van der Waals surface area contributed by atoms with Crippen LogP contribution >= 0.6 is 0 Å². The van der Waals surface area contributed by atoms with Crippen molar-refractivity contribution in [2.45, 2.75) is 13.1 Å². The Kier molecular flexibility index (Phi) is 3.01. The average Bonchev–Trinajstić information content (AvgIpc) is 1.67. The Morgan fingerprint density at radius 2 is 2.25 bits per heavy atom. The van der Waals surface area contributed by atoms with E-state index in [0.717, 1.165) is 0 Å². The van der Waals surface area contributed by atoms with Crippen molar-refractivity contribution in [3.05, 3.63) is 19.2 Å². The second-order valence-corrected chi connectivity index (χ2v) is 6.02. The van der Waals surface area contributed by atoms with Crippen LogP contribution in [0.25, 0.3) is 0 Å². The van der Waals surface area contributed by atoms with Gasteiger partial charge in [0, 0.05) is 6.61 Å². The van der Waals surface area contributed by atoms with Gasteiger partial charge in [-0.05, 0) is 20.0 Å². The highest BCUT2D eigenvalue weighted by Crippen LogP contribution is 2.02. The van der Waals surface area contributed by atoms with E-state index >= 15 is 0 Å². The molecule has 0 aromatic rings. The van der Waals surface area contributed by atoms with Gasteiger partial charge in [-0.1, -0.05) is 5.70 Å². The van der Waals surface area contributed by atoms with Crippen LogP contribution in [0.5, 0.6) is 0 Å². The average molecular weight is 128 g/mol. The third-order valence-corrected chi connectivity index (χ3v) is 2.84. The van der Waals surface area contributed by atoms with Crippen molar-refractivity contribution < 1.29 is 4.43 Å². The molecule has 0 bridgehead atoms. The smallest absolute Gasteiger partial charge is 0.210 e. The monoisotopic (exact) mass is 128 g/mol. The Labute approximate surface area is 52.5 Å². The molecule has 0 amide bonds. The molecule has 0 aliphatic carbocycles. The quantitative estimate of drug-likeness (QED) is 0.525. The highest BCUT2D eigenvalue weighted by Gasteiger charge is 2.14. The van der Waals surface area contributed by atoms with Crippen LogP contribution < -0.4 is 0 Å². The molecule has 1 nitrogen and oxygen atoms in total. The molecule has 0 fully saturated rings. The van der Waals surface area contributed by atoms with Gasteiger partial charge in [-0.3, -0.25) is 0 Å². The van der Waals surface area contributed by atoms with E-state index < -0.39 is 8.32 Å². The summed E-state index contributed by atoms with van der Waals surface area (Å²) >= 11 is 0. The predicted molar refractivity (Wildman–Crippen MR) is 37.9 cm³/mol. The van der Waals surface area contributed by atoms with E-state index in [1.807, 2.05) is 18.8 Å². The molecule has 0 aromatic carbocycles. The summed E-state index contributed by atoms with van der Waals surface area (Å²) in [4.78, 5) is 0. The highest BCUT2D eigenvalue weighted by atomic mass is 28.4. The highest BCUT2D eigenvalue weighted by molar-refractivity contribution is 6.76. The van der Waals surface area contributed by atoms with Gasteiger partial charge in [-0.2, -0.15) is 0 Å². The summed E-state index contributed by atoms with van der Waals surface area (Å²) < 4.78 is 5.18. The molecule has 0 saturated heterocycles. The lowest BCUT2D eigenvalue weighted by Gasteiger charge is -2.15. The topological polar surface area (TPSA) is 9.23 Å². The number of rotatable bonds is 3. The molecule has 2 heteroatoms. The molecule has 46 valence electrons. The van der Waals surface area contributed by atoms with Gasteiger partial charge in [0.1, 0.15) is 0 Å². The van der Waals surface area contributed by atoms with Crippen molar-refractivity contribution >= 4 is 8.32 Å². The van der Waals surface area contributed by atoms with Crippen LogP contribution in [-0.2, 0) is 4.43 Å². The van der Waals surface area contributed by atoms with E-state index in [1.165, 1.54) is 0 Å². The number of hydrogen-bond donors (Lipinski definition) is 0. The van der Waals surface area contributed by atoms with E-state index in [9.17, 15) is 0 Å². The summed E-state index contributed by atoms with van der Waals surface area (Å²) in [5.41, 5.74) is 1.86. The van der Waals surface area contributed by atoms with E-state index in [1.54, 1.807) is 0 Å². The van der Waals surface area contributed by atoms with Gasteiger partial charge in [-0.15, -0.1) is 6.58 Å². The van der Waals surface area contributed by atoms with E-state index in [-0.39, 0.29) is 0 Å². The van der Waals surface area contributed by atoms with E-state index in [0.29, 0.717) is 6.61 Å². The number of hydrogen-bond acceptors (Lipinski definition) is 1. The van der Waals surface area contributed by atoms with Crippen LogP contribution in [0.1, 0.15) is 0 Å². The van der Waals surface area contributed by atoms with Gasteiger partial charge in [0.15, 0.2) is 0 Å². The molecule has 0 aliphatic heterocycles. The minimum atomic E-state index is -1.54. The molecule has 0 saturated carbocycles. The first-order valence-electron chi connectivity index (χ1n) is 2.60. The molecular weight excluding hydrogens is 116 g/mol. The Balaban J connectivity index is 3.53. The molecular formula is C6H12OSi. The maximum absolute atomic E-state index is 5.18. The summed E-state index contributed by atoms with van der Waals surface area (Å²) in [7, 11) is -1.54. The summed E-state index contributed by atoms with van der Waals surface area (Å²) in [6, 6.07) is 0. The van der Waals surface area contributed by atoms with Crippen molar-refractivity contribution in [2.75, 3.05) is 6.61 Å². The molecule has 0 unspecified atom stereocenters. The van der Waals surface area contributed by atoms with Gasteiger partial charge in [0.2, 0.25) is 8.32 Å². The minimum absolute atomic E-state index is 0.311. The Bertz CT molecular complexity index is 78.6. The summed E-state index contributed by atoms with van der Waals surface area (Å²) in [5, 5.41) is 0. The second kappa shape index (κ2) is 3.05. The molecule has 8 heavy (non-hydrogen) atoms. The first kappa shape index (κ1) is 7.92. The first-order chi connectivity index (χ1) is 3.62. The zero-order chi connectivity index (χ0) is 6.62. The van der Waals surface area contributed by atoms with E-state index in [4.69, 9.17) is 11.3 Å². The zero-order valence-corrected chi connectivity index (χ0v) is 6.48. The van der Waals surface area contributed by atoms with Crippen LogP contribution in [0.4, 0.5) is 0 Å². The lowest BCUT2D eigenvalue weighted by molar-refractivity contribution is 0.359. The lowest BCUT2D eigenvalue weighted by Crippen LogP contribution is -2.27. The zero-order valence-electron chi connectivity index (χ0n) is 5.48. The van der Waals surface area contributed by atoms with Crippen LogP contribution in [0.3, 0.4) is 0 Å². The fourth-order valence-corrected chi connectivity index (χ4v) is 0.821. The Morgan fingerprint density at radius 1 is 1.75 bits per heavy atom. The van der Waals surface area contributed by atoms with Crippen molar-refractivity contribution in [3.8, 4) is 0 Å². The Morgan fingerprint density at radius 3 is 2.38 bits per heavy atom. The van der Waals surface area contributed by atoms with Crippen LogP contribution in [-0.4, -0.2) is 14.9 Å². The lowest BCUT2D eigenvalue weighted by atomic mass is 10.9. The normalized spacial score (nSPS) is 11.4. The van der Waals surface area contributed by atoms with Gasteiger partial charge in [0.25, 0.3) is 0 Å². The van der Waals surface area contributed by atoms with Gasteiger partial charge < -0.3 is 4.43 Å². The van der Waals surface area contributed by atoms with Gasteiger partial charge >= 0.3 is 0 Å². The van der Waals surface area contributed by atoms with Crippen molar-refractivity contribution in [1.82, 2.24) is 0 Å². The molecule has 0 spiro atoms. The van der Waals surface area contributed by atoms with Crippen molar-refractivity contribution in [2.24, 2.45) is 0 Å². The minimum Gasteiger partial charge on any atom is -0.413 e. The Hall–Kier alpha value is -0.0831. The van der Waals surface area contributed by atoms with Crippen molar-refractivity contribution in [1.29, 1.82) is 0 Å². The van der Waals surface area contributed by atoms with E-state index in [2.05, 4.69) is 6.58 Å². The first-order valence-corrected chi connectivity index (χ1v) is 5.58. The van der Waals surface area contributed by atoms with Crippen LogP contribution in [0.15, 0.2) is 12.3 Å². The second-order valence-electron chi connectivity index (χ2n) is 2.12. The predicted octanol–water partition coefficient (Wildman–Crippen LogP) is 1.64.